The van der Waals surface area contributed by atoms with Crippen LogP contribution in [0.2, 0.25) is 0 Å². The van der Waals surface area contributed by atoms with E-state index in [2.05, 4.69) is 9.97 Å². The van der Waals surface area contributed by atoms with Crippen LogP contribution in [0.5, 0.6) is 11.8 Å². The second-order valence-electron chi connectivity index (χ2n) is 4.15. The van der Waals surface area contributed by atoms with Crippen molar-refractivity contribution in [1.82, 2.24) is 9.97 Å². The van der Waals surface area contributed by atoms with Crippen LogP contribution in [-0.4, -0.2) is 24.2 Å². The third kappa shape index (κ3) is 4.04. The number of rotatable bonds is 4. The molecule has 9 heteroatoms. The highest BCUT2D eigenvalue weighted by molar-refractivity contribution is 7.99. The first-order valence-electron chi connectivity index (χ1n) is 6.13. The summed E-state index contributed by atoms with van der Waals surface area (Å²) in [5.74, 6) is 0.452. The van der Waals surface area contributed by atoms with Crippen LogP contribution >= 0.6 is 11.8 Å². The van der Waals surface area contributed by atoms with Crippen molar-refractivity contribution < 1.29 is 22.6 Å². The predicted molar refractivity (Wildman–Crippen MR) is 75.4 cm³/mol. The van der Waals surface area contributed by atoms with Crippen LogP contribution in [-0.2, 0) is 6.18 Å². The molecule has 0 atom stereocenters. The van der Waals surface area contributed by atoms with Gasteiger partial charge in [0.05, 0.1) is 37.5 Å². The van der Waals surface area contributed by atoms with E-state index >= 15 is 0 Å². The number of alkyl halides is 3. The van der Waals surface area contributed by atoms with Crippen molar-refractivity contribution in [2.45, 2.75) is 16.2 Å². The van der Waals surface area contributed by atoms with E-state index in [9.17, 15) is 13.2 Å². The van der Waals surface area contributed by atoms with E-state index in [0.29, 0.717) is 0 Å². The van der Waals surface area contributed by atoms with Crippen molar-refractivity contribution in [3.63, 3.8) is 0 Å². The van der Waals surface area contributed by atoms with Gasteiger partial charge >= 0.3 is 6.18 Å². The molecule has 120 valence electrons. The van der Waals surface area contributed by atoms with Crippen molar-refractivity contribution >= 4 is 11.8 Å². The zero-order chi connectivity index (χ0) is 17.0. The van der Waals surface area contributed by atoms with E-state index in [1.807, 2.05) is 0 Å². The van der Waals surface area contributed by atoms with Gasteiger partial charge in [0.25, 0.3) is 0 Å². The molecule has 0 bridgehead atoms. The van der Waals surface area contributed by atoms with Gasteiger partial charge < -0.3 is 9.47 Å². The van der Waals surface area contributed by atoms with Gasteiger partial charge in [0.2, 0.25) is 11.8 Å². The number of hydrogen-bond donors (Lipinski definition) is 0. The molecule has 1 aromatic heterocycles. The highest BCUT2D eigenvalue weighted by Gasteiger charge is 2.34. The molecule has 23 heavy (non-hydrogen) atoms. The third-order valence-electron chi connectivity index (χ3n) is 2.70. The molecule has 1 aromatic carbocycles. The van der Waals surface area contributed by atoms with Gasteiger partial charge in [-0.15, -0.1) is 0 Å². The quantitative estimate of drug-likeness (QED) is 0.793. The van der Waals surface area contributed by atoms with Gasteiger partial charge in [-0.05, 0) is 30.0 Å². The summed E-state index contributed by atoms with van der Waals surface area (Å²) in [6.45, 7) is 0. The average molecular weight is 341 g/mol. The molecular formula is C14H10F3N3O2S. The molecule has 0 fully saturated rings. The summed E-state index contributed by atoms with van der Waals surface area (Å²) in [5.41, 5.74) is -1.44. The summed E-state index contributed by atoms with van der Waals surface area (Å²) in [6.07, 6.45) is -4.62. The molecule has 0 aliphatic carbocycles. The highest BCUT2D eigenvalue weighted by Crippen LogP contribution is 2.36. The van der Waals surface area contributed by atoms with Crippen LogP contribution in [0.25, 0.3) is 0 Å². The summed E-state index contributed by atoms with van der Waals surface area (Å²) in [6, 6.07) is 6.38. The molecule has 0 N–H and O–H groups in total. The number of benzene rings is 1. The van der Waals surface area contributed by atoms with Crippen LogP contribution < -0.4 is 9.47 Å². The van der Waals surface area contributed by atoms with E-state index in [1.165, 1.54) is 32.4 Å². The monoisotopic (exact) mass is 341 g/mol. The second kappa shape index (κ2) is 6.75. The minimum atomic E-state index is -4.62. The normalized spacial score (nSPS) is 11.0. The molecule has 0 saturated carbocycles. The molecule has 0 radical (unpaired) electrons. The minimum absolute atomic E-state index is 0.166. The van der Waals surface area contributed by atoms with Crippen molar-refractivity contribution in [2.24, 2.45) is 0 Å². The van der Waals surface area contributed by atoms with E-state index in [0.717, 1.165) is 23.9 Å². The summed E-state index contributed by atoms with van der Waals surface area (Å²) >= 11 is 0.905. The maximum Gasteiger partial charge on any atom is 0.417 e. The molecule has 5 nitrogen and oxygen atoms in total. The van der Waals surface area contributed by atoms with Gasteiger partial charge in [0.15, 0.2) is 5.16 Å². The fourth-order valence-corrected chi connectivity index (χ4v) is 2.46. The van der Waals surface area contributed by atoms with Crippen LogP contribution in [0.4, 0.5) is 13.2 Å². The number of methoxy groups -OCH3 is 2. The van der Waals surface area contributed by atoms with Gasteiger partial charge in [-0.2, -0.15) is 28.4 Å². The van der Waals surface area contributed by atoms with Crippen LogP contribution in [0.3, 0.4) is 0 Å². The van der Waals surface area contributed by atoms with Gasteiger partial charge in [0.1, 0.15) is 0 Å². The van der Waals surface area contributed by atoms with Gasteiger partial charge in [-0.3, -0.25) is 0 Å². The lowest BCUT2D eigenvalue weighted by atomic mass is 10.1. The summed E-state index contributed by atoms with van der Waals surface area (Å²) in [7, 11) is 2.80. The Bertz CT molecular complexity index is 738. The topological polar surface area (TPSA) is 68.0 Å². The Morgan fingerprint density at radius 3 is 2.17 bits per heavy atom. The summed E-state index contributed by atoms with van der Waals surface area (Å²) in [5, 5.41) is 8.95. The fourth-order valence-electron chi connectivity index (χ4n) is 1.66. The Kier molecular flexibility index (Phi) is 4.95. The molecule has 0 spiro atoms. The Morgan fingerprint density at radius 2 is 1.70 bits per heavy atom. The van der Waals surface area contributed by atoms with E-state index in [1.54, 1.807) is 0 Å². The van der Waals surface area contributed by atoms with Gasteiger partial charge in [0, 0.05) is 4.90 Å². The summed E-state index contributed by atoms with van der Waals surface area (Å²) < 4.78 is 48.8. The maximum atomic E-state index is 13.0. The first kappa shape index (κ1) is 16.9. The largest absolute Gasteiger partial charge is 0.481 e. The second-order valence-corrected chi connectivity index (χ2v) is 5.19. The van der Waals surface area contributed by atoms with Crippen LogP contribution in [0.15, 0.2) is 34.3 Å². The molecule has 0 saturated heterocycles. The molecular weight excluding hydrogens is 331 g/mol. The van der Waals surface area contributed by atoms with Crippen molar-refractivity contribution in [3.05, 3.63) is 35.4 Å². The molecule has 0 amide bonds. The number of nitriles is 1. The zero-order valence-electron chi connectivity index (χ0n) is 12.0. The highest BCUT2D eigenvalue weighted by atomic mass is 32.2. The summed E-state index contributed by atoms with van der Waals surface area (Å²) in [4.78, 5) is 8.31. The lowest BCUT2D eigenvalue weighted by Gasteiger charge is -2.10. The lowest BCUT2D eigenvalue weighted by Crippen LogP contribution is -2.07. The van der Waals surface area contributed by atoms with Crippen LogP contribution in [0, 0.1) is 11.3 Å². The fraction of sp³-hybridized carbons (Fsp3) is 0.214. The number of halogens is 3. The maximum absolute atomic E-state index is 13.0. The van der Waals surface area contributed by atoms with Crippen molar-refractivity contribution in [2.75, 3.05) is 14.2 Å². The molecule has 2 aromatic rings. The third-order valence-corrected chi connectivity index (χ3v) is 3.56. The Morgan fingerprint density at radius 1 is 1.09 bits per heavy atom. The van der Waals surface area contributed by atoms with Crippen molar-refractivity contribution in [1.29, 1.82) is 5.26 Å². The SMILES string of the molecule is COc1cc(OC)nc(Sc2ccc(C#N)c(C(F)(F)F)c2)n1. The predicted octanol–water partition coefficient (Wildman–Crippen LogP) is 3.54. The van der Waals surface area contributed by atoms with E-state index in [-0.39, 0.29) is 21.8 Å². The molecule has 0 unspecified atom stereocenters. The standard InChI is InChI=1S/C14H10F3N3O2S/c1-21-11-6-12(22-2)20-13(19-11)23-9-4-3-8(7-18)10(5-9)14(15,16)17/h3-6H,1-2H3. The Hall–Kier alpha value is -2.47. The number of aromatic nitrogens is 2. The van der Waals surface area contributed by atoms with Gasteiger partial charge in [-0.1, -0.05) is 0 Å². The van der Waals surface area contributed by atoms with Crippen LogP contribution in [0.1, 0.15) is 11.1 Å². The van der Waals surface area contributed by atoms with E-state index < -0.39 is 17.3 Å². The Labute approximate surface area is 134 Å². The number of nitrogens with zero attached hydrogens (tertiary/aromatic N) is 3. The van der Waals surface area contributed by atoms with Gasteiger partial charge in [-0.25, -0.2) is 0 Å². The molecule has 0 aliphatic rings. The Balaban J connectivity index is 2.39. The van der Waals surface area contributed by atoms with E-state index in [4.69, 9.17) is 14.7 Å². The van der Waals surface area contributed by atoms with Crippen molar-refractivity contribution in [3.8, 4) is 17.8 Å². The molecule has 0 aliphatic heterocycles. The first-order chi connectivity index (χ1) is 10.9. The average Bonchev–Trinajstić information content (AvgIpc) is 2.53. The zero-order valence-corrected chi connectivity index (χ0v) is 12.8. The molecule has 1 heterocycles. The number of ether oxygens (including phenoxy) is 2. The molecule has 2 rings (SSSR count). The lowest BCUT2D eigenvalue weighted by molar-refractivity contribution is -0.137. The first-order valence-corrected chi connectivity index (χ1v) is 6.95. The smallest absolute Gasteiger partial charge is 0.417 e. The number of hydrogen-bond acceptors (Lipinski definition) is 6. The minimum Gasteiger partial charge on any atom is -0.481 e.